The van der Waals surface area contributed by atoms with Gasteiger partial charge in [0.05, 0.1) is 19.2 Å². The van der Waals surface area contributed by atoms with Crippen LogP contribution in [0.3, 0.4) is 0 Å². The Balaban J connectivity index is 1.55. The Kier molecular flexibility index (Phi) is 4.05. The molecule has 3 aromatic carbocycles. The quantitative estimate of drug-likeness (QED) is 0.734. The summed E-state index contributed by atoms with van der Waals surface area (Å²) in [6.07, 6.45) is 0.137. The standard InChI is InChI=1S/C21H18N2O3/c1-26-18-10-8-17(9-11-18)23-20(24)13-19(21(23)25)22-16-7-6-14-4-2-3-5-15(14)12-16/h2-12,19,22H,13H2,1H3/t19-/m1/s1. The molecule has 0 spiro atoms. The number of imide groups is 1. The molecule has 0 bridgehead atoms. The van der Waals surface area contributed by atoms with E-state index in [1.165, 1.54) is 4.90 Å². The van der Waals surface area contributed by atoms with Gasteiger partial charge in [0.2, 0.25) is 5.91 Å². The number of fused-ring (bicyclic) bond motifs is 1. The van der Waals surface area contributed by atoms with Crippen molar-refractivity contribution < 1.29 is 14.3 Å². The van der Waals surface area contributed by atoms with E-state index in [4.69, 9.17) is 4.74 Å². The van der Waals surface area contributed by atoms with Gasteiger partial charge in [0.15, 0.2) is 0 Å². The minimum Gasteiger partial charge on any atom is -0.497 e. The van der Waals surface area contributed by atoms with E-state index in [1.807, 2.05) is 42.5 Å². The highest BCUT2D eigenvalue weighted by atomic mass is 16.5. The molecule has 1 fully saturated rings. The number of benzene rings is 3. The first-order valence-electron chi connectivity index (χ1n) is 8.42. The van der Waals surface area contributed by atoms with Crippen molar-refractivity contribution >= 4 is 34.0 Å². The largest absolute Gasteiger partial charge is 0.497 e. The van der Waals surface area contributed by atoms with E-state index in [1.54, 1.807) is 31.4 Å². The molecular weight excluding hydrogens is 328 g/mol. The van der Waals surface area contributed by atoms with Crippen LogP contribution in [0.15, 0.2) is 66.7 Å². The Bertz CT molecular complexity index is 982. The van der Waals surface area contributed by atoms with E-state index in [0.29, 0.717) is 11.4 Å². The first kappa shape index (κ1) is 16.1. The number of nitrogens with zero attached hydrogens (tertiary/aromatic N) is 1. The molecule has 1 saturated heterocycles. The molecule has 0 unspecified atom stereocenters. The SMILES string of the molecule is COc1ccc(N2C(=O)C[C@@H](Nc3ccc4ccccc4c3)C2=O)cc1. The Morgan fingerprint density at radius 3 is 2.42 bits per heavy atom. The number of carbonyl (C=O) groups excluding carboxylic acids is 2. The molecule has 0 radical (unpaired) electrons. The van der Waals surface area contributed by atoms with Crippen LogP contribution in [0.2, 0.25) is 0 Å². The third-order valence-corrected chi connectivity index (χ3v) is 4.57. The minimum atomic E-state index is -0.564. The van der Waals surface area contributed by atoms with Crippen molar-refractivity contribution in [2.24, 2.45) is 0 Å². The molecule has 1 aliphatic rings. The van der Waals surface area contributed by atoms with Crippen molar-refractivity contribution in [2.75, 3.05) is 17.3 Å². The number of rotatable bonds is 4. The van der Waals surface area contributed by atoms with Crippen LogP contribution in [0.1, 0.15) is 6.42 Å². The van der Waals surface area contributed by atoms with Crippen molar-refractivity contribution in [1.29, 1.82) is 0 Å². The lowest BCUT2D eigenvalue weighted by molar-refractivity contribution is -0.121. The van der Waals surface area contributed by atoms with Crippen molar-refractivity contribution in [3.8, 4) is 5.75 Å². The maximum absolute atomic E-state index is 12.8. The average Bonchev–Trinajstić information content (AvgIpc) is 2.95. The average molecular weight is 346 g/mol. The molecular formula is C21H18N2O3. The second-order valence-corrected chi connectivity index (χ2v) is 6.23. The number of hydrogen-bond donors (Lipinski definition) is 1. The van der Waals surface area contributed by atoms with Gasteiger partial charge in [-0.2, -0.15) is 0 Å². The molecule has 0 aromatic heterocycles. The molecule has 4 rings (SSSR count). The fourth-order valence-corrected chi connectivity index (χ4v) is 3.23. The summed E-state index contributed by atoms with van der Waals surface area (Å²) in [5, 5.41) is 5.41. The van der Waals surface area contributed by atoms with Crippen molar-refractivity contribution in [3.63, 3.8) is 0 Å². The molecule has 0 saturated carbocycles. The monoisotopic (exact) mass is 346 g/mol. The molecule has 26 heavy (non-hydrogen) atoms. The van der Waals surface area contributed by atoms with Gasteiger partial charge in [-0.25, -0.2) is 4.90 Å². The minimum absolute atomic E-state index is 0.137. The van der Waals surface area contributed by atoms with E-state index >= 15 is 0 Å². The molecule has 3 aromatic rings. The zero-order valence-corrected chi connectivity index (χ0v) is 14.3. The van der Waals surface area contributed by atoms with Gasteiger partial charge >= 0.3 is 0 Å². The Morgan fingerprint density at radius 1 is 0.962 bits per heavy atom. The maximum atomic E-state index is 12.8. The Labute approximate surface area is 151 Å². The highest BCUT2D eigenvalue weighted by Crippen LogP contribution is 2.27. The van der Waals surface area contributed by atoms with E-state index in [0.717, 1.165) is 16.5 Å². The molecule has 1 heterocycles. The normalized spacial score (nSPS) is 17.0. The summed E-state index contributed by atoms with van der Waals surface area (Å²) in [5.41, 5.74) is 1.38. The molecule has 1 aliphatic heterocycles. The lowest BCUT2D eigenvalue weighted by atomic mass is 10.1. The van der Waals surface area contributed by atoms with Crippen LogP contribution in [0.25, 0.3) is 10.8 Å². The predicted octanol–water partition coefficient (Wildman–Crippen LogP) is 3.59. The van der Waals surface area contributed by atoms with Gasteiger partial charge in [-0.1, -0.05) is 30.3 Å². The molecule has 1 atom stereocenters. The number of ether oxygens (including phenoxy) is 1. The molecule has 5 nitrogen and oxygen atoms in total. The number of hydrogen-bond acceptors (Lipinski definition) is 4. The van der Waals surface area contributed by atoms with Gasteiger partial charge in [0, 0.05) is 5.69 Å². The van der Waals surface area contributed by atoms with Crippen LogP contribution in [0, 0.1) is 0 Å². The van der Waals surface area contributed by atoms with Crippen LogP contribution >= 0.6 is 0 Å². The third-order valence-electron chi connectivity index (χ3n) is 4.57. The highest BCUT2D eigenvalue weighted by Gasteiger charge is 2.39. The predicted molar refractivity (Wildman–Crippen MR) is 101 cm³/mol. The number of carbonyl (C=O) groups is 2. The zero-order valence-electron chi connectivity index (χ0n) is 14.3. The van der Waals surface area contributed by atoms with E-state index in [-0.39, 0.29) is 18.2 Å². The number of amides is 2. The molecule has 0 aliphatic carbocycles. The van der Waals surface area contributed by atoms with Gasteiger partial charge in [-0.3, -0.25) is 9.59 Å². The molecule has 130 valence electrons. The van der Waals surface area contributed by atoms with Crippen LogP contribution < -0.4 is 15.0 Å². The van der Waals surface area contributed by atoms with Crippen LogP contribution in [-0.2, 0) is 9.59 Å². The molecule has 5 heteroatoms. The van der Waals surface area contributed by atoms with Gasteiger partial charge in [0.25, 0.3) is 5.91 Å². The smallest absolute Gasteiger partial charge is 0.256 e. The number of nitrogens with one attached hydrogen (secondary N) is 1. The first-order valence-corrected chi connectivity index (χ1v) is 8.42. The van der Waals surface area contributed by atoms with Crippen LogP contribution in [0.5, 0.6) is 5.75 Å². The summed E-state index contributed by atoms with van der Waals surface area (Å²) >= 11 is 0. The van der Waals surface area contributed by atoms with Crippen molar-refractivity contribution in [2.45, 2.75) is 12.5 Å². The van der Waals surface area contributed by atoms with Crippen molar-refractivity contribution in [3.05, 3.63) is 66.7 Å². The maximum Gasteiger partial charge on any atom is 0.256 e. The number of anilines is 2. The Hall–Kier alpha value is -3.34. The Morgan fingerprint density at radius 2 is 1.69 bits per heavy atom. The lowest BCUT2D eigenvalue weighted by Gasteiger charge is -2.16. The van der Waals surface area contributed by atoms with Gasteiger partial charge < -0.3 is 10.1 Å². The second kappa shape index (κ2) is 6.52. The van der Waals surface area contributed by atoms with E-state index in [2.05, 4.69) is 5.32 Å². The third kappa shape index (κ3) is 2.88. The summed E-state index contributed by atoms with van der Waals surface area (Å²) in [5.74, 6) is 0.227. The van der Waals surface area contributed by atoms with Crippen molar-refractivity contribution in [1.82, 2.24) is 0 Å². The summed E-state index contributed by atoms with van der Waals surface area (Å²) in [6.45, 7) is 0. The summed E-state index contributed by atoms with van der Waals surface area (Å²) < 4.78 is 5.12. The highest BCUT2D eigenvalue weighted by molar-refractivity contribution is 6.23. The summed E-state index contributed by atoms with van der Waals surface area (Å²) in [4.78, 5) is 26.4. The zero-order chi connectivity index (χ0) is 18.1. The van der Waals surface area contributed by atoms with Gasteiger partial charge in [-0.15, -0.1) is 0 Å². The van der Waals surface area contributed by atoms with Crippen LogP contribution in [-0.4, -0.2) is 25.0 Å². The van der Waals surface area contributed by atoms with Gasteiger partial charge in [0.1, 0.15) is 11.8 Å². The fraction of sp³-hybridized carbons (Fsp3) is 0.143. The van der Waals surface area contributed by atoms with E-state index in [9.17, 15) is 9.59 Å². The first-order chi connectivity index (χ1) is 12.7. The summed E-state index contributed by atoms with van der Waals surface area (Å²) in [6, 6.07) is 20.3. The summed E-state index contributed by atoms with van der Waals surface area (Å²) in [7, 11) is 1.57. The fourth-order valence-electron chi connectivity index (χ4n) is 3.23. The van der Waals surface area contributed by atoms with Crippen LogP contribution in [0.4, 0.5) is 11.4 Å². The lowest BCUT2D eigenvalue weighted by Crippen LogP contribution is -2.34. The van der Waals surface area contributed by atoms with E-state index < -0.39 is 6.04 Å². The number of methoxy groups -OCH3 is 1. The molecule has 1 N–H and O–H groups in total. The second-order valence-electron chi connectivity index (χ2n) is 6.23. The van der Waals surface area contributed by atoms with Gasteiger partial charge in [-0.05, 0) is 47.2 Å². The molecule has 2 amide bonds. The topological polar surface area (TPSA) is 58.6 Å².